The number of nitrogens with two attached hydrogens (primary N) is 1. The number of hydrogen-bond acceptors (Lipinski definition) is 3. The molecule has 1 aliphatic heterocycles. The van der Waals surface area contributed by atoms with Gasteiger partial charge in [-0.3, -0.25) is 0 Å². The Labute approximate surface area is 91.6 Å². The molecule has 0 amide bonds. The van der Waals surface area contributed by atoms with Crippen molar-refractivity contribution < 1.29 is 9.94 Å². The van der Waals surface area contributed by atoms with Crippen molar-refractivity contribution >= 4 is 23.5 Å². The first-order chi connectivity index (χ1) is 7.20. The van der Waals surface area contributed by atoms with Crippen molar-refractivity contribution in [2.45, 2.75) is 0 Å². The summed E-state index contributed by atoms with van der Waals surface area (Å²) < 4.78 is 5.42. The van der Waals surface area contributed by atoms with E-state index in [-0.39, 0.29) is 5.84 Å². The maximum Gasteiger partial charge on any atom is 0.169 e. The minimum atomic E-state index is 0.0561. The maximum absolute atomic E-state index is 8.53. The average Bonchev–Trinajstić information content (AvgIpc) is 2.27. The monoisotopic (exact) mass is 224 g/mol. The Bertz CT molecular complexity index is 455. The van der Waals surface area contributed by atoms with Gasteiger partial charge in [0, 0.05) is 16.2 Å². The molecule has 1 aromatic carbocycles. The van der Waals surface area contributed by atoms with Crippen molar-refractivity contribution in [2.75, 3.05) is 6.61 Å². The van der Waals surface area contributed by atoms with Crippen LogP contribution < -0.4 is 10.5 Å². The van der Waals surface area contributed by atoms with Crippen molar-refractivity contribution in [3.8, 4) is 5.75 Å². The third kappa shape index (κ3) is 1.89. The number of benzene rings is 1. The van der Waals surface area contributed by atoms with Crippen molar-refractivity contribution in [3.05, 3.63) is 34.4 Å². The molecule has 3 N–H and O–H groups in total. The van der Waals surface area contributed by atoms with Gasteiger partial charge in [0.2, 0.25) is 0 Å². The Hall–Kier alpha value is -1.68. The van der Waals surface area contributed by atoms with E-state index < -0.39 is 0 Å². The zero-order valence-corrected chi connectivity index (χ0v) is 8.53. The van der Waals surface area contributed by atoms with Gasteiger partial charge < -0.3 is 15.7 Å². The van der Waals surface area contributed by atoms with Crippen LogP contribution in [-0.4, -0.2) is 17.6 Å². The molecule has 0 fully saturated rings. The number of ether oxygens (including phenoxy) is 1. The van der Waals surface area contributed by atoms with Gasteiger partial charge in [0.15, 0.2) is 5.84 Å². The first-order valence-electron chi connectivity index (χ1n) is 4.31. The highest BCUT2D eigenvalue weighted by molar-refractivity contribution is 6.30. The van der Waals surface area contributed by atoms with Crippen LogP contribution in [0.3, 0.4) is 0 Å². The summed E-state index contributed by atoms with van der Waals surface area (Å²) in [4.78, 5) is 0. The van der Waals surface area contributed by atoms with E-state index in [1.54, 1.807) is 24.3 Å². The Morgan fingerprint density at radius 3 is 3.07 bits per heavy atom. The number of rotatable bonds is 1. The molecule has 78 valence electrons. The van der Waals surface area contributed by atoms with Gasteiger partial charge in [-0.2, -0.15) is 0 Å². The van der Waals surface area contributed by atoms with E-state index in [1.165, 1.54) is 0 Å². The normalized spacial score (nSPS) is 15.3. The molecule has 1 aliphatic rings. The smallest absolute Gasteiger partial charge is 0.169 e. The quantitative estimate of drug-likeness (QED) is 0.331. The lowest BCUT2D eigenvalue weighted by molar-refractivity contribution is 0.315. The zero-order chi connectivity index (χ0) is 10.8. The van der Waals surface area contributed by atoms with E-state index in [0.29, 0.717) is 17.2 Å². The van der Waals surface area contributed by atoms with Crippen LogP contribution in [0.1, 0.15) is 5.56 Å². The second kappa shape index (κ2) is 3.82. The molecule has 0 aliphatic carbocycles. The summed E-state index contributed by atoms with van der Waals surface area (Å²) >= 11 is 5.84. The van der Waals surface area contributed by atoms with Gasteiger partial charge in [0.05, 0.1) is 0 Å². The highest BCUT2D eigenvalue weighted by Crippen LogP contribution is 2.28. The van der Waals surface area contributed by atoms with E-state index in [0.717, 1.165) is 11.3 Å². The predicted molar refractivity (Wildman–Crippen MR) is 58.3 cm³/mol. The van der Waals surface area contributed by atoms with Crippen LogP contribution in [-0.2, 0) is 0 Å². The highest BCUT2D eigenvalue weighted by Gasteiger charge is 2.14. The molecular weight excluding hydrogens is 216 g/mol. The Morgan fingerprint density at radius 1 is 1.53 bits per heavy atom. The second-order valence-electron chi connectivity index (χ2n) is 3.13. The Morgan fingerprint density at radius 2 is 2.33 bits per heavy atom. The summed E-state index contributed by atoms with van der Waals surface area (Å²) in [6.07, 6.45) is 1.79. The van der Waals surface area contributed by atoms with E-state index in [9.17, 15) is 0 Å². The van der Waals surface area contributed by atoms with Crippen LogP contribution in [0.15, 0.2) is 28.9 Å². The molecule has 0 spiro atoms. The number of nitrogens with zero attached hydrogens (tertiary/aromatic N) is 1. The zero-order valence-electron chi connectivity index (χ0n) is 7.77. The van der Waals surface area contributed by atoms with Crippen molar-refractivity contribution in [1.82, 2.24) is 0 Å². The molecule has 0 radical (unpaired) electrons. The van der Waals surface area contributed by atoms with Crippen LogP contribution >= 0.6 is 11.6 Å². The minimum absolute atomic E-state index is 0.0561. The first kappa shape index (κ1) is 9.86. The third-order valence-corrected chi connectivity index (χ3v) is 2.36. The van der Waals surface area contributed by atoms with Gasteiger partial charge in [-0.05, 0) is 24.3 Å². The minimum Gasteiger partial charge on any atom is -0.488 e. The molecule has 1 heterocycles. The lowest BCUT2D eigenvalue weighted by Crippen LogP contribution is -2.21. The summed E-state index contributed by atoms with van der Waals surface area (Å²) in [5.41, 5.74) is 6.92. The largest absolute Gasteiger partial charge is 0.488 e. The topological polar surface area (TPSA) is 67.8 Å². The molecule has 4 nitrogen and oxygen atoms in total. The Kier molecular flexibility index (Phi) is 2.51. The van der Waals surface area contributed by atoms with Crippen molar-refractivity contribution in [3.63, 3.8) is 0 Å². The lowest BCUT2D eigenvalue weighted by Gasteiger charge is -2.17. The molecule has 0 atom stereocenters. The molecule has 0 aromatic heterocycles. The van der Waals surface area contributed by atoms with Gasteiger partial charge >= 0.3 is 0 Å². The average molecular weight is 225 g/mol. The van der Waals surface area contributed by atoms with E-state index in [2.05, 4.69) is 5.16 Å². The summed E-state index contributed by atoms with van der Waals surface area (Å²) in [6, 6.07) is 5.31. The van der Waals surface area contributed by atoms with Gasteiger partial charge in [-0.25, -0.2) is 0 Å². The molecule has 5 heteroatoms. The van der Waals surface area contributed by atoms with Crippen LogP contribution in [0.2, 0.25) is 5.02 Å². The molecule has 0 saturated heterocycles. The van der Waals surface area contributed by atoms with Crippen LogP contribution in [0.25, 0.3) is 6.08 Å². The molecule has 0 saturated carbocycles. The fourth-order valence-corrected chi connectivity index (χ4v) is 1.54. The number of halogens is 1. The molecule has 15 heavy (non-hydrogen) atoms. The summed E-state index contributed by atoms with van der Waals surface area (Å²) in [5.74, 6) is 0.800. The number of oxime groups is 1. The SMILES string of the molecule is NC(=NO)C1=Cc2cc(Cl)ccc2OC1. The number of amidine groups is 1. The first-order valence-corrected chi connectivity index (χ1v) is 4.69. The summed E-state index contributed by atoms with van der Waals surface area (Å²) in [7, 11) is 0. The van der Waals surface area contributed by atoms with Gasteiger partial charge in [0.1, 0.15) is 12.4 Å². The van der Waals surface area contributed by atoms with Crippen LogP contribution in [0.4, 0.5) is 0 Å². The third-order valence-electron chi connectivity index (χ3n) is 2.12. The van der Waals surface area contributed by atoms with E-state index in [4.69, 9.17) is 27.3 Å². The van der Waals surface area contributed by atoms with E-state index in [1.807, 2.05) is 0 Å². The van der Waals surface area contributed by atoms with Gasteiger partial charge in [-0.1, -0.05) is 16.8 Å². The second-order valence-corrected chi connectivity index (χ2v) is 3.56. The van der Waals surface area contributed by atoms with E-state index >= 15 is 0 Å². The predicted octanol–water partition coefficient (Wildman–Crippen LogP) is 1.86. The van der Waals surface area contributed by atoms with Crippen molar-refractivity contribution in [1.29, 1.82) is 0 Å². The molecular formula is C10H9ClN2O2. The van der Waals surface area contributed by atoms with Gasteiger partial charge in [-0.15, -0.1) is 0 Å². The van der Waals surface area contributed by atoms with Crippen LogP contribution in [0.5, 0.6) is 5.75 Å². The lowest BCUT2D eigenvalue weighted by atomic mass is 10.1. The molecule has 0 bridgehead atoms. The van der Waals surface area contributed by atoms with Gasteiger partial charge in [0.25, 0.3) is 0 Å². The summed E-state index contributed by atoms with van der Waals surface area (Å²) in [6.45, 7) is 0.296. The summed E-state index contributed by atoms with van der Waals surface area (Å²) in [5, 5.41) is 12.1. The number of hydrogen-bond donors (Lipinski definition) is 2. The Balaban J connectivity index is 2.44. The maximum atomic E-state index is 8.53. The van der Waals surface area contributed by atoms with Crippen LogP contribution in [0, 0.1) is 0 Å². The molecule has 2 rings (SSSR count). The molecule has 0 unspecified atom stereocenters. The standard InChI is InChI=1S/C10H9ClN2O2/c11-8-1-2-9-6(4-8)3-7(5-15-9)10(12)13-14/h1-4,14H,5H2,(H2,12,13). The fourth-order valence-electron chi connectivity index (χ4n) is 1.36. The fraction of sp³-hybridized carbons (Fsp3) is 0.100. The van der Waals surface area contributed by atoms with Crippen molar-refractivity contribution in [2.24, 2.45) is 10.9 Å². The number of fused-ring (bicyclic) bond motifs is 1. The highest BCUT2D eigenvalue weighted by atomic mass is 35.5. The molecule has 1 aromatic rings.